The quantitative estimate of drug-likeness (QED) is 0.598. The molecule has 168 valence electrons. The normalized spacial score (nSPS) is 16.7. The van der Waals surface area contributed by atoms with Gasteiger partial charge in [0, 0.05) is 43.8 Å². The topological polar surface area (TPSA) is 72.0 Å². The molecule has 0 aliphatic carbocycles. The van der Waals surface area contributed by atoms with Crippen molar-refractivity contribution in [3.63, 3.8) is 0 Å². The second kappa shape index (κ2) is 7.94. The van der Waals surface area contributed by atoms with Crippen LogP contribution in [0.5, 0.6) is 11.5 Å². The van der Waals surface area contributed by atoms with Crippen molar-refractivity contribution in [2.45, 2.75) is 30.6 Å². The lowest BCUT2D eigenvalue weighted by molar-refractivity contribution is 0.174. The number of hydrogen-bond donors (Lipinski definition) is 0. The van der Waals surface area contributed by atoms with E-state index in [-0.39, 0.29) is 16.6 Å². The van der Waals surface area contributed by atoms with Gasteiger partial charge in [0.25, 0.3) is 0 Å². The van der Waals surface area contributed by atoms with Crippen LogP contribution in [0.25, 0.3) is 10.9 Å². The number of aryl methyl sites for hydroxylation is 2. The highest BCUT2D eigenvalue weighted by Gasteiger charge is 2.30. The van der Waals surface area contributed by atoms with Gasteiger partial charge in [-0.05, 0) is 49.7 Å². The van der Waals surface area contributed by atoms with Gasteiger partial charge in [-0.2, -0.15) is 0 Å². The van der Waals surface area contributed by atoms with E-state index in [2.05, 4.69) is 21.7 Å². The summed E-state index contributed by atoms with van der Waals surface area (Å²) in [5.74, 6) is 1.25. The lowest BCUT2D eigenvalue weighted by Gasteiger charge is -2.36. The number of pyridine rings is 1. The maximum absolute atomic E-state index is 13.8. The smallest absolute Gasteiger partial charge is 0.231 e. The SMILES string of the molecule is CCN1CCN(c2c(S(=O)(=O)c3ccc(C)c(C)c3)cnc3cc4c(cc23)OCO4)CC1. The summed E-state index contributed by atoms with van der Waals surface area (Å²) in [6.45, 7) is 10.5. The van der Waals surface area contributed by atoms with Crippen molar-refractivity contribution in [3.8, 4) is 11.5 Å². The minimum Gasteiger partial charge on any atom is -0.454 e. The molecule has 0 amide bonds. The van der Waals surface area contributed by atoms with E-state index in [4.69, 9.17) is 9.47 Å². The summed E-state index contributed by atoms with van der Waals surface area (Å²) >= 11 is 0. The van der Waals surface area contributed by atoms with Crippen LogP contribution in [0.3, 0.4) is 0 Å². The van der Waals surface area contributed by atoms with Crippen molar-refractivity contribution < 1.29 is 17.9 Å². The second-order valence-electron chi connectivity index (χ2n) is 8.36. The first-order valence-electron chi connectivity index (χ1n) is 10.9. The van der Waals surface area contributed by atoms with E-state index in [1.165, 1.54) is 6.20 Å². The number of fused-ring (bicyclic) bond motifs is 2. The number of benzene rings is 2. The predicted octanol–water partition coefficient (Wildman–Crippen LogP) is 3.56. The molecule has 0 N–H and O–H groups in total. The van der Waals surface area contributed by atoms with Crippen molar-refractivity contribution >= 4 is 26.4 Å². The van der Waals surface area contributed by atoms with Crippen molar-refractivity contribution in [1.82, 2.24) is 9.88 Å². The molecule has 3 heterocycles. The van der Waals surface area contributed by atoms with Gasteiger partial charge < -0.3 is 19.3 Å². The summed E-state index contributed by atoms with van der Waals surface area (Å²) < 4.78 is 38.8. The Labute approximate surface area is 188 Å². The molecule has 5 rings (SSSR count). The fourth-order valence-corrected chi connectivity index (χ4v) is 5.89. The van der Waals surface area contributed by atoms with Gasteiger partial charge in [-0.3, -0.25) is 4.98 Å². The van der Waals surface area contributed by atoms with Gasteiger partial charge in [0.05, 0.1) is 16.1 Å². The predicted molar refractivity (Wildman–Crippen MR) is 124 cm³/mol. The molecule has 2 aliphatic rings. The molecule has 32 heavy (non-hydrogen) atoms. The van der Waals surface area contributed by atoms with Crippen LogP contribution in [0.4, 0.5) is 5.69 Å². The summed E-state index contributed by atoms with van der Waals surface area (Å²) in [4.78, 5) is 9.59. The van der Waals surface area contributed by atoms with Crippen LogP contribution in [-0.4, -0.2) is 57.8 Å². The van der Waals surface area contributed by atoms with Crippen molar-refractivity contribution in [2.75, 3.05) is 44.4 Å². The molecular formula is C24H27N3O4S. The Morgan fingerprint density at radius 1 is 0.969 bits per heavy atom. The molecular weight excluding hydrogens is 426 g/mol. The van der Waals surface area contributed by atoms with E-state index in [0.717, 1.165) is 49.2 Å². The van der Waals surface area contributed by atoms with Gasteiger partial charge in [-0.15, -0.1) is 0 Å². The lowest BCUT2D eigenvalue weighted by Crippen LogP contribution is -2.46. The van der Waals surface area contributed by atoms with Crippen LogP contribution in [0, 0.1) is 13.8 Å². The van der Waals surface area contributed by atoms with E-state index in [1.807, 2.05) is 32.0 Å². The molecule has 3 aromatic rings. The first kappa shape index (κ1) is 21.0. The molecule has 0 unspecified atom stereocenters. The summed E-state index contributed by atoms with van der Waals surface area (Å²) in [6, 6.07) is 8.98. The van der Waals surface area contributed by atoms with Gasteiger partial charge in [-0.25, -0.2) is 8.42 Å². The monoisotopic (exact) mass is 453 g/mol. The molecule has 0 bridgehead atoms. The number of sulfone groups is 1. The fraction of sp³-hybridized carbons (Fsp3) is 0.375. The third-order valence-electron chi connectivity index (χ3n) is 6.51. The van der Waals surface area contributed by atoms with Crippen LogP contribution in [0.15, 0.2) is 46.3 Å². The molecule has 0 radical (unpaired) electrons. The Kier molecular flexibility index (Phi) is 5.22. The van der Waals surface area contributed by atoms with E-state index in [0.29, 0.717) is 22.7 Å². The number of likely N-dealkylation sites (N-methyl/N-ethyl adjacent to an activating group) is 1. The fourth-order valence-electron chi connectivity index (χ4n) is 4.37. The number of hydrogen-bond acceptors (Lipinski definition) is 7. The minimum atomic E-state index is -3.77. The molecule has 8 heteroatoms. The van der Waals surface area contributed by atoms with E-state index in [9.17, 15) is 8.42 Å². The number of rotatable bonds is 4. The first-order valence-corrected chi connectivity index (χ1v) is 12.4. The maximum atomic E-state index is 13.8. The van der Waals surface area contributed by atoms with Gasteiger partial charge in [-0.1, -0.05) is 13.0 Å². The Balaban J connectivity index is 1.71. The highest BCUT2D eigenvalue weighted by molar-refractivity contribution is 7.91. The maximum Gasteiger partial charge on any atom is 0.231 e. The number of aromatic nitrogens is 1. The third-order valence-corrected chi connectivity index (χ3v) is 8.27. The average molecular weight is 454 g/mol. The van der Waals surface area contributed by atoms with Crippen LogP contribution in [-0.2, 0) is 9.84 Å². The third kappa shape index (κ3) is 3.47. The Morgan fingerprint density at radius 2 is 1.69 bits per heavy atom. The molecule has 0 spiro atoms. The second-order valence-corrected chi connectivity index (χ2v) is 10.3. The van der Waals surface area contributed by atoms with Crippen LogP contribution < -0.4 is 14.4 Å². The minimum absolute atomic E-state index is 0.157. The van der Waals surface area contributed by atoms with Crippen molar-refractivity contribution in [3.05, 3.63) is 47.7 Å². The molecule has 2 aromatic carbocycles. The number of anilines is 1. The highest BCUT2D eigenvalue weighted by Crippen LogP contribution is 2.42. The standard InChI is InChI=1S/C24H27N3O4S/c1-4-26-7-9-27(10-8-26)24-19-12-21-22(31-15-30-21)13-20(19)25-14-23(24)32(28,29)18-6-5-16(2)17(3)11-18/h5-6,11-14H,4,7-10,15H2,1-3H3. The highest BCUT2D eigenvalue weighted by atomic mass is 32.2. The summed E-state index contributed by atoms with van der Waals surface area (Å²) in [5.41, 5.74) is 3.40. The van der Waals surface area contributed by atoms with E-state index in [1.54, 1.807) is 12.1 Å². The van der Waals surface area contributed by atoms with Gasteiger partial charge in [0.2, 0.25) is 16.6 Å². The van der Waals surface area contributed by atoms with Crippen LogP contribution in [0.2, 0.25) is 0 Å². The van der Waals surface area contributed by atoms with Crippen molar-refractivity contribution in [1.29, 1.82) is 0 Å². The summed E-state index contributed by atoms with van der Waals surface area (Å²) in [5, 5.41) is 0.768. The zero-order chi connectivity index (χ0) is 22.5. The van der Waals surface area contributed by atoms with Gasteiger partial charge in [0.15, 0.2) is 11.5 Å². The van der Waals surface area contributed by atoms with Crippen LogP contribution >= 0.6 is 0 Å². The zero-order valence-corrected chi connectivity index (χ0v) is 19.4. The lowest BCUT2D eigenvalue weighted by atomic mass is 10.1. The Hall–Kier alpha value is -2.84. The first-order chi connectivity index (χ1) is 15.4. The largest absolute Gasteiger partial charge is 0.454 e. The van der Waals surface area contributed by atoms with Gasteiger partial charge >= 0.3 is 0 Å². The van der Waals surface area contributed by atoms with E-state index >= 15 is 0 Å². The Bertz CT molecular complexity index is 1300. The Morgan fingerprint density at radius 3 is 2.38 bits per heavy atom. The van der Waals surface area contributed by atoms with Crippen molar-refractivity contribution in [2.24, 2.45) is 0 Å². The summed E-state index contributed by atoms with van der Waals surface area (Å²) in [6.07, 6.45) is 1.50. The average Bonchev–Trinajstić information content (AvgIpc) is 3.26. The summed E-state index contributed by atoms with van der Waals surface area (Å²) in [7, 11) is -3.77. The van der Waals surface area contributed by atoms with Crippen LogP contribution in [0.1, 0.15) is 18.1 Å². The zero-order valence-electron chi connectivity index (χ0n) is 18.6. The molecule has 1 saturated heterocycles. The van der Waals surface area contributed by atoms with Gasteiger partial charge in [0.1, 0.15) is 4.90 Å². The molecule has 1 fully saturated rings. The molecule has 0 saturated carbocycles. The molecule has 2 aliphatic heterocycles. The molecule has 1 aromatic heterocycles. The van der Waals surface area contributed by atoms with E-state index < -0.39 is 9.84 Å². The molecule has 0 atom stereocenters. The number of ether oxygens (including phenoxy) is 2. The molecule has 7 nitrogen and oxygen atoms in total. The number of nitrogens with zero attached hydrogens (tertiary/aromatic N) is 3. The number of piperazine rings is 1.